The second-order valence-corrected chi connectivity index (χ2v) is 4.97. The molecule has 0 spiro atoms. The number of nitrogens with zero attached hydrogens (tertiary/aromatic N) is 4. The molecule has 1 aromatic heterocycles. The van der Waals surface area contributed by atoms with E-state index in [-0.39, 0.29) is 11.9 Å². The van der Waals surface area contributed by atoms with Crippen molar-refractivity contribution in [3.63, 3.8) is 0 Å². The number of likely N-dealkylation sites (tertiary alicyclic amines) is 1. The number of rotatable bonds is 5. The van der Waals surface area contributed by atoms with Crippen LogP contribution in [-0.4, -0.2) is 57.1 Å². The van der Waals surface area contributed by atoms with Crippen LogP contribution in [0.15, 0.2) is 0 Å². The van der Waals surface area contributed by atoms with E-state index in [1.807, 2.05) is 25.7 Å². The number of amides is 1. The fourth-order valence-corrected chi connectivity index (χ4v) is 2.67. The van der Waals surface area contributed by atoms with Gasteiger partial charge in [-0.1, -0.05) is 0 Å². The third-order valence-electron chi connectivity index (χ3n) is 3.73. The second kappa shape index (κ2) is 6.14. The monoisotopic (exact) mass is 265 g/mol. The Balaban J connectivity index is 2.01. The molecule has 6 nitrogen and oxygen atoms in total. The van der Waals surface area contributed by atoms with Crippen molar-refractivity contribution in [2.75, 3.05) is 26.2 Å². The molecular formula is C13H23N5O. The zero-order valence-electron chi connectivity index (χ0n) is 12.0. The molecule has 1 aromatic rings. The predicted octanol–water partition coefficient (Wildman–Crippen LogP) is 1.12. The van der Waals surface area contributed by atoms with Crippen LogP contribution < -0.4 is 0 Å². The maximum atomic E-state index is 12.2. The number of nitrogens with one attached hydrogen (secondary N) is 1. The highest BCUT2D eigenvalue weighted by Crippen LogP contribution is 2.29. The van der Waals surface area contributed by atoms with Crippen LogP contribution in [0.2, 0.25) is 0 Å². The third-order valence-corrected chi connectivity index (χ3v) is 3.73. The third kappa shape index (κ3) is 3.12. The number of H-pyrrole nitrogens is 1. The van der Waals surface area contributed by atoms with Crippen LogP contribution in [-0.2, 0) is 4.79 Å². The first-order valence-corrected chi connectivity index (χ1v) is 7.06. The maximum Gasteiger partial charge on any atom is 0.236 e. The van der Waals surface area contributed by atoms with Gasteiger partial charge in [-0.15, -0.1) is 0 Å². The molecule has 1 aliphatic heterocycles. The van der Waals surface area contributed by atoms with Gasteiger partial charge in [-0.25, -0.2) is 4.98 Å². The molecule has 0 radical (unpaired) electrons. The number of likely N-dealkylation sites (N-methyl/N-ethyl adjacent to an activating group) is 1. The van der Waals surface area contributed by atoms with Crippen LogP contribution in [0.1, 0.15) is 44.4 Å². The van der Waals surface area contributed by atoms with Crippen LogP contribution in [0.4, 0.5) is 0 Å². The summed E-state index contributed by atoms with van der Waals surface area (Å²) in [7, 11) is 0. The average Bonchev–Trinajstić information content (AvgIpc) is 2.99. The Labute approximate surface area is 114 Å². The Hall–Kier alpha value is -1.43. The van der Waals surface area contributed by atoms with E-state index in [2.05, 4.69) is 20.1 Å². The van der Waals surface area contributed by atoms with E-state index < -0.39 is 0 Å². The molecule has 0 bridgehead atoms. The van der Waals surface area contributed by atoms with E-state index in [9.17, 15) is 4.79 Å². The largest absolute Gasteiger partial charge is 0.342 e. The zero-order chi connectivity index (χ0) is 13.8. The number of aromatic amines is 1. The molecule has 0 aliphatic carbocycles. The van der Waals surface area contributed by atoms with E-state index in [1.54, 1.807) is 0 Å². The van der Waals surface area contributed by atoms with Gasteiger partial charge in [0.1, 0.15) is 5.82 Å². The molecule has 1 fully saturated rings. The molecule has 2 heterocycles. The van der Waals surface area contributed by atoms with E-state index in [0.717, 1.165) is 44.1 Å². The predicted molar refractivity (Wildman–Crippen MR) is 72.6 cm³/mol. The van der Waals surface area contributed by atoms with Gasteiger partial charge in [0.05, 0.1) is 12.6 Å². The second-order valence-electron chi connectivity index (χ2n) is 4.97. The van der Waals surface area contributed by atoms with Gasteiger partial charge in [0, 0.05) is 13.1 Å². The fourth-order valence-electron chi connectivity index (χ4n) is 2.67. The number of hydrogen-bond acceptors (Lipinski definition) is 4. The summed E-state index contributed by atoms with van der Waals surface area (Å²) in [6.45, 7) is 8.90. The van der Waals surface area contributed by atoms with Crippen molar-refractivity contribution in [2.24, 2.45) is 0 Å². The van der Waals surface area contributed by atoms with Crippen molar-refractivity contribution in [1.29, 1.82) is 0 Å². The molecule has 19 heavy (non-hydrogen) atoms. The lowest BCUT2D eigenvalue weighted by Crippen LogP contribution is -2.40. The average molecular weight is 265 g/mol. The Bertz CT molecular complexity index is 426. The smallest absolute Gasteiger partial charge is 0.236 e. The van der Waals surface area contributed by atoms with Crippen molar-refractivity contribution < 1.29 is 4.79 Å². The highest BCUT2D eigenvalue weighted by atomic mass is 16.2. The molecule has 0 unspecified atom stereocenters. The highest BCUT2D eigenvalue weighted by Gasteiger charge is 2.31. The van der Waals surface area contributed by atoms with Crippen molar-refractivity contribution in [1.82, 2.24) is 25.0 Å². The summed E-state index contributed by atoms with van der Waals surface area (Å²) in [6.07, 6.45) is 2.13. The molecule has 6 heteroatoms. The van der Waals surface area contributed by atoms with Gasteiger partial charge in [0.15, 0.2) is 5.82 Å². The minimum absolute atomic E-state index is 0.185. The van der Waals surface area contributed by atoms with Gasteiger partial charge in [-0.3, -0.25) is 14.8 Å². The van der Waals surface area contributed by atoms with Crippen LogP contribution >= 0.6 is 0 Å². The van der Waals surface area contributed by atoms with Gasteiger partial charge in [0.25, 0.3) is 0 Å². The molecule has 0 aromatic carbocycles. The zero-order valence-corrected chi connectivity index (χ0v) is 12.0. The summed E-state index contributed by atoms with van der Waals surface area (Å²) in [5.41, 5.74) is 0. The minimum atomic E-state index is 0.185. The van der Waals surface area contributed by atoms with Gasteiger partial charge >= 0.3 is 0 Å². The Morgan fingerprint density at radius 2 is 2.21 bits per heavy atom. The van der Waals surface area contributed by atoms with Crippen molar-refractivity contribution in [2.45, 2.75) is 39.7 Å². The van der Waals surface area contributed by atoms with Crippen LogP contribution in [0.25, 0.3) is 0 Å². The van der Waals surface area contributed by atoms with Gasteiger partial charge in [0.2, 0.25) is 5.91 Å². The number of carbonyl (C=O) groups excluding carboxylic acids is 1. The van der Waals surface area contributed by atoms with Crippen LogP contribution in [0, 0.1) is 6.92 Å². The number of carbonyl (C=O) groups is 1. The number of aryl methyl sites for hydroxylation is 1. The molecule has 1 atom stereocenters. The van der Waals surface area contributed by atoms with Gasteiger partial charge in [-0.05, 0) is 40.2 Å². The lowest BCUT2D eigenvalue weighted by Gasteiger charge is -2.25. The molecule has 106 valence electrons. The standard InChI is InChI=1S/C13H23N5O/c1-4-17(5-2)12(19)9-18-8-6-7-11(18)13-14-10(3)15-16-13/h11H,4-9H2,1-3H3,(H,14,15,16)/t11-/m1/s1. The molecule has 1 N–H and O–H groups in total. The molecule has 0 saturated carbocycles. The first-order chi connectivity index (χ1) is 9.15. The molecule has 1 aliphatic rings. The van der Waals surface area contributed by atoms with Crippen molar-refractivity contribution in [3.05, 3.63) is 11.6 Å². The fraction of sp³-hybridized carbons (Fsp3) is 0.769. The van der Waals surface area contributed by atoms with E-state index >= 15 is 0 Å². The highest BCUT2D eigenvalue weighted by molar-refractivity contribution is 5.78. The van der Waals surface area contributed by atoms with E-state index in [0.29, 0.717) is 6.54 Å². The summed E-state index contributed by atoms with van der Waals surface area (Å²) < 4.78 is 0. The quantitative estimate of drug-likeness (QED) is 0.866. The SMILES string of the molecule is CCN(CC)C(=O)CN1CCC[C@@H]1c1n[nH]c(C)n1. The van der Waals surface area contributed by atoms with Crippen molar-refractivity contribution in [3.8, 4) is 0 Å². The van der Waals surface area contributed by atoms with Crippen LogP contribution in [0.5, 0.6) is 0 Å². The summed E-state index contributed by atoms with van der Waals surface area (Å²) in [5.74, 6) is 1.85. The topological polar surface area (TPSA) is 65.1 Å². The molecule has 2 rings (SSSR count). The first-order valence-electron chi connectivity index (χ1n) is 7.06. The summed E-state index contributed by atoms with van der Waals surface area (Å²) in [6, 6.07) is 0.185. The first kappa shape index (κ1) is 14.0. The van der Waals surface area contributed by atoms with Crippen LogP contribution in [0.3, 0.4) is 0 Å². The Morgan fingerprint density at radius 3 is 2.79 bits per heavy atom. The van der Waals surface area contributed by atoms with Gasteiger partial charge in [-0.2, -0.15) is 5.10 Å². The van der Waals surface area contributed by atoms with E-state index in [1.165, 1.54) is 0 Å². The minimum Gasteiger partial charge on any atom is -0.342 e. The Morgan fingerprint density at radius 1 is 1.47 bits per heavy atom. The van der Waals surface area contributed by atoms with Crippen molar-refractivity contribution >= 4 is 5.91 Å². The number of aromatic nitrogens is 3. The lowest BCUT2D eigenvalue weighted by molar-refractivity contribution is -0.132. The molecule has 1 amide bonds. The summed E-state index contributed by atoms with van der Waals surface area (Å²) >= 11 is 0. The maximum absolute atomic E-state index is 12.2. The Kier molecular flexibility index (Phi) is 4.52. The lowest BCUT2D eigenvalue weighted by atomic mass is 10.2. The van der Waals surface area contributed by atoms with E-state index in [4.69, 9.17) is 0 Å². The van der Waals surface area contributed by atoms with Gasteiger partial charge < -0.3 is 4.90 Å². The molecule has 1 saturated heterocycles. The molecular weight excluding hydrogens is 242 g/mol. The summed E-state index contributed by atoms with van der Waals surface area (Å²) in [5, 5.41) is 7.12. The number of hydrogen-bond donors (Lipinski definition) is 1. The summed E-state index contributed by atoms with van der Waals surface area (Å²) in [4.78, 5) is 20.7. The normalized spacial score (nSPS) is 19.8.